The summed E-state index contributed by atoms with van der Waals surface area (Å²) >= 11 is 0. The zero-order chi connectivity index (χ0) is 15.9. The highest BCUT2D eigenvalue weighted by Gasteiger charge is 2.16. The molecule has 0 saturated carbocycles. The van der Waals surface area contributed by atoms with E-state index >= 15 is 0 Å². The molecule has 5 nitrogen and oxygen atoms in total. The lowest BCUT2D eigenvalue weighted by Crippen LogP contribution is -2.35. The van der Waals surface area contributed by atoms with Crippen molar-refractivity contribution in [2.24, 2.45) is 5.92 Å². The quantitative estimate of drug-likeness (QED) is 0.824. The first-order chi connectivity index (χ1) is 10.6. The molecular formula is C17H21NO4. The number of nitrogens with one attached hydrogen (secondary N) is 1. The molecule has 118 valence electrons. The van der Waals surface area contributed by atoms with Gasteiger partial charge in [0.2, 0.25) is 0 Å². The SMILES string of the molecule is CCC(C)C(O)CNC(=O)c1ccc(Oc2ccccc2)o1. The predicted molar refractivity (Wildman–Crippen MR) is 83.0 cm³/mol. The molecule has 2 aromatic rings. The number of hydrogen-bond donors (Lipinski definition) is 2. The summed E-state index contributed by atoms with van der Waals surface area (Å²) in [5.74, 6) is 0.802. The molecule has 0 bridgehead atoms. The molecule has 0 aliphatic carbocycles. The van der Waals surface area contributed by atoms with Crippen LogP contribution in [0.5, 0.6) is 11.7 Å². The van der Waals surface area contributed by atoms with Gasteiger partial charge in [0, 0.05) is 12.6 Å². The monoisotopic (exact) mass is 303 g/mol. The second-order valence-corrected chi connectivity index (χ2v) is 5.20. The Balaban J connectivity index is 1.89. The van der Waals surface area contributed by atoms with Gasteiger partial charge in [0.1, 0.15) is 5.75 Å². The van der Waals surface area contributed by atoms with Crippen molar-refractivity contribution in [1.82, 2.24) is 5.32 Å². The summed E-state index contributed by atoms with van der Waals surface area (Å²) in [5, 5.41) is 12.5. The van der Waals surface area contributed by atoms with Gasteiger partial charge in [-0.25, -0.2) is 0 Å². The summed E-state index contributed by atoms with van der Waals surface area (Å²) in [4.78, 5) is 12.0. The van der Waals surface area contributed by atoms with E-state index in [-0.39, 0.29) is 30.1 Å². The Labute approximate surface area is 129 Å². The van der Waals surface area contributed by atoms with E-state index in [1.165, 1.54) is 0 Å². The number of aliphatic hydroxyl groups excluding tert-OH is 1. The fourth-order valence-electron chi connectivity index (χ4n) is 1.86. The van der Waals surface area contributed by atoms with Crippen LogP contribution in [0.15, 0.2) is 46.9 Å². The minimum atomic E-state index is -0.566. The van der Waals surface area contributed by atoms with Crippen LogP contribution in [0.1, 0.15) is 30.8 Å². The van der Waals surface area contributed by atoms with Crippen LogP contribution < -0.4 is 10.1 Å². The van der Waals surface area contributed by atoms with Crippen molar-refractivity contribution in [3.8, 4) is 11.7 Å². The van der Waals surface area contributed by atoms with Crippen molar-refractivity contribution in [3.05, 3.63) is 48.2 Å². The maximum absolute atomic E-state index is 12.0. The van der Waals surface area contributed by atoms with Crippen LogP contribution in [0.4, 0.5) is 0 Å². The third-order valence-electron chi connectivity index (χ3n) is 3.54. The van der Waals surface area contributed by atoms with Crippen molar-refractivity contribution in [1.29, 1.82) is 0 Å². The normalized spacial score (nSPS) is 13.4. The molecule has 2 N–H and O–H groups in total. The Hall–Kier alpha value is -2.27. The van der Waals surface area contributed by atoms with Crippen LogP contribution in [-0.4, -0.2) is 23.7 Å². The van der Waals surface area contributed by atoms with Gasteiger partial charge in [-0.3, -0.25) is 4.79 Å². The molecule has 0 aliphatic rings. The third kappa shape index (κ3) is 4.36. The lowest BCUT2D eigenvalue weighted by molar-refractivity contribution is 0.0823. The fraction of sp³-hybridized carbons (Fsp3) is 0.353. The molecule has 2 atom stereocenters. The third-order valence-corrected chi connectivity index (χ3v) is 3.54. The number of carbonyl (C=O) groups excluding carboxylic acids is 1. The molecule has 1 amide bonds. The van der Waals surface area contributed by atoms with E-state index in [0.29, 0.717) is 5.75 Å². The fourth-order valence-corrected chi connectivity index (χ4v) is 1.86. The highest BCUT2D eigenvalue weighted by Crippen LogP contribution is 2.23. The standard InChI is InChI=1S/C17H21NO4/c1-3-12(2)14(19)11-18-17(20)15-9-10-16(22-15)21-13-7-5-4-6-8-13/h4-10,12,14,19H,3,11H2,1-2H3,(H,18,20). The maximum Gasteiger partial charge on any atom is 0.290 e. The topological polar surface area (TPSA) is 71.7 Å². The smallest absolute Gasteiger partial charge is 0.290 e. The first kappa shape index (κ1) is 16.1. The van der Waals surface area contributed by atoms with E-state index in [1.807, 2.05) is 32.0 Å². The second kappa shape index (κ2) is 7.66. The van der Waals surface area contributed by atoms with Gasteiger partial charge in [-0.15, -0.1) is 0 Å². The molecule has 1 aromatic carbocycles. The number of hydrogen-bond acceptors (Lipinski definition) is 4. The Morgan fingerprint density at radius 3 is 2.68 bits per heavy atom. The molecular weight excluding hydrogens is 282 g/mol. The molecule has 1 aromatic heterocycles. The van der Waals surface area contributed by atoms with Gasteiger partial charge in [0.15, 0.2) is 5.76 Å². The van der Waals surface area contributed by atoms with Gasteiger partial charge in [0.05, 0.1) is 6.10 Å². The van der Waals surface area contributed by atoms with Crippen molar-refractivity contribution in [3.63, 3.8) is 0 Å². The highest BCUT2D eigenvalue weighted by atomic mass is 16.6. The zero-order valence-corrected chi connectivity index (χ0v) is 12.8. The van der Waals surface area contributed by atoms with Crippen molar-refractivity contribution < 1.29 is 19.1 Å². The van der Waals surface area contributed by atoms with Gasteiger partial charge >= 0.3 is 0 Å². The minimum Gasteiger partial charge on any atom is -0.426 e. The lowest BCUT2D eigenvalue weighted by atomic mass is 10.0. The molecule has 0 aliphatic heterocycles. The lowest BCUT2D eigenvalue weighted by Gasteiger charge is -2.17. The number of rotatable bonds is 7. The number of aliphatic hydroxyl groups is 1. The second-order valence-electron chi connectivity index (χ2n) is 5.20. The number of ether oxygens (including phenoxy) is 1. The van der Waals surface area contributed by atoms with Gasteiger partial charge in [-0.05, 0) is 24.1 Å². The zero-order valence-electron chi connectivity index (χ0n) is 12.8. The van der Waals surface area contributed by atoms with Gasteiger partial charge in [-0.1, -0.05) is 38.5 Å². The Bertz CT molecular complexity index is 594. The first-order valence-electron chi connectivity index (χ1n) is 7.39. The summed E-state index contributed by atoms with van der Waals surface area (Å²) in [7, 11) is 0. The van der Waals surface area contributed by atoms with Crippen LogP contribution in [0, 0.1) is 5.92 Å². The van der Waals surface area contributed by atoms with Crippen molar-refractivity contribution >= 4 is 5.91 Å². The molecule has 0 radical (unpaired) electrons. The number of benzene rings is 1. The molecule has 5 heteroatoms. The molecule has 0 spiro atoms. The van der Waals surface area contributed by atoms with Crippen LogP contribution in [0.3, 0.4) is 0 Å². The number of furan rings is 1. The average Bonchev–Trinajstić information content (AvgIpc) is 3.01. The minimum absolute atomic E-state index is 0.133. The summed E-state index contributed by atoms with van der Waals surface area (Å²) in [6, 6.07) is 12.3. The van der Waals surface area contributed by atoms with Crippen LogP contribution in [0.25, 0.3) is 0 Å². The molecule has 2 unspecified atom stereocenters. The summed E-state index contributed by atoms with van der Waals surface area (Å²) < 4.78 is 10.8. The van der Waals surface area contributed by atoms with E-state index in [2.05, 4.69) is 5.32 Å². The number of carbonyl (C=O) groups is 1. The van der Waals surface area contributed by atoms with Gasteiger partial charge in [0.25, 0.3) is 11.9 Å². The Morgan fingerprint density at radius 2 is 2.00 bits per heavy atom. The van der Waals surface area contributed by atoms with E-state index in [0.717, 1.165) is 6.42 Å². The number of para-hydroxylation sites is 1. The summed E-state index contributed by atoms with van der Waals surface area (Å²) in [6.07, 6.45) is 0.288. The van der Waals surface area contributed by atoms with Crippen LogP contribution in [-0.2, 0) is 0 Å². The van der Waals surface area contributed by atoms with E-state index in [4.69, 9.17) is 9.15 Å². The number of amides is 1. The van der Waals surface area contributed by atoms with E-state index in [9.17, 15) is 9.90 Å². The van der Waals surface area contributed by atoms with Gasteiger partial charge < -0.3 is 19.6 Å². The molecule has 0 saturated heterocycles. The predicted octanol–water partition coefficient (Wildman–Crippen LogP) is 3.21. The summed E-state index contributed by atoms with van der Waals surface area (Å²) in [6.45, 7) is 4.13. The molecule has 2 rings (SSSR count). The highest BCUT2D eigenvalue weighted by molar-refractivity contribution is 5.91. The first-order valence-corrected chi connectivity index (χ1v) is 7.39. The largest absolute Gasteiger partial charge is 0.426 e. The van der Waals surface area contributed by atoms with Crippen molar-refractivity contribution in [2.75, 3.05) is 6.54 Å². The Morgan fingerprint density at radius 1 is 1.27 bits per heavy atom. The van der Waals surface area contributed by atoms with Gasteiger partial charge in [-0.2, -0.15) is 0 Å². The van der Waals surface area contributed by atoms with E-state index in [1.54, 1.807) is 24.3 Å². The van der Waals surface area contributed by atoms with Crippen LogP contribution in [0.2, 0.25) is 0 Å². The maximum atomic E-state index is 12.0. The van der Waals surface area contributed by atoms with Crippen LogP contribution >= 0.6 is 0 Å². The molecule has 1 heterocycles. The molecule has 22 heavy (non-hydrogen) atoms. The van der Waals surface area contributed by atoms with Crippen molar-refractivity contribution in [2.45, 2.75) is 26.4 Å². The van der Waals surface area contributed by atoms with E-state index < -0.39 is 6.10 Å². The molecule has 0 fully saturated rings. The average molecular weight is 303 g/mol. The summed E-state index contributed by atoms with van der Waals surface area (Å²) in [5.41, 5.74) is 0. The Kier molecular flexibility index (Phi) is 5.61.